The van der Waals surface area contributed by atoms with Gasteiger partial charge in [0.1, 0.15) is 0 Å². The van der Waals surface area contributed by atoms with Gasteiger partial charge in [0.25, 0.3) is 0 Å². The number of hydrogen-bond donors (Lipinski definition) is 2. The van der Waals surface area contributed by atoms with Gasteiger partial charge in [0, 0.05) is 17.3 Å². The van der Waals surface area contributed by atoms with E-state index in [2.05, 4.69) is 11.9 Å². The van der Waals surface area contributed by atoms with Gasteiger partial charge < -0.3 is 10.4 Å². The van der Waals surface area contributed by atoms with E-state index in [0.717, 1.165) is 29.7 Å². The van der Waals surface area contributed by atoms with Crippen molar-refractivity contribution in [1.29, 1.82) is 0 Å². The van der Waals surface area contributed by atoms with Gasteiger partial charge in [-0.05, 0) is 29.7 Å². The Balaban J connectivity index is 2.33. The number of alkyl halides is 3. The van der Waals surface area contributed by atoms with Crippen molar-refractivity contribution in [3.05, 3.63) is 66.2 Å². The second kappa shape index (κ2) is 7.53. The van der Waals surface area contributed by atoms with Crippen molar-refractivity contribution in [2.45, 2.75) is 25.6 Å². The standard InChI is InChI=1S/C19H20F3NO/c1-3-16(12-24)23-13(2)17-6-4-5-7-18(17)14-8-10-15(11-9-14)19(20,21)22/h4-11,16,23-24H,2-3,12H2,1H3. The summed E-state index contributed by atoms with van der Waals surface area (Å²) in [6.07, 6.45) is -3.61. The molecule has 0 bridgehead atoms. The lowest BCUT2D eigenvalue weighted by atomic mass is 9.96. The number of halogens is 3. The zero-order valence-corrected chi connectivity index (χ0v) is 13.4. The second-order valence-corrected chi connectivity index (χ2v) is 5.53. The first-order valence-electron chi connectivity index (χ1n) is 7.70. The zero-order valence-electron chi connectivity index (χ0n) is 13.4. The summed E-state index contributed by atoms with van der Waals surface area (Å²) in [4.78, 5) is 0. The van der Waals surface area contributed by atoms with Crippen LogP contribution in [0.2, 0.25) is 0 Å². The van der Waals surface area contributed by atoms with Crippen molar-refractivity contribution >= 4 is 5.70 Å². The molecule has 5 heteroatoms. The van der Waals surface area contributed by atoms with Crippen molar-refractivity contribution < 1.29 is 18.3 Å². The van der Waals surface area contributed by atoms with Crippen LogP contribution in [0.5, 0.6) is 0 Å². The lowest BCUT2D eigenvalue weighted by molar-refractivity contribution is -0.137. The molecule has 2 N–H and O–H groups in total. The Labute approximate surface area is 139 Å². The van der Waals surface area contributed by atoms with E-state index < -0.39 is 11.7 Å². The SMILES string of the molecule is C=C(NC(CC)CO)c1ccccc1-c1ccc(C(F)(F)F)cc1. The third kappa shape index (κ3) is 4.17. The maximum Gasteiger partial charge on any atom is 0.416 e. The number of nitrogens with one attached hydrogen (secondary N) is 1. The minimum absolute atomic E-state index is 0.0159. The van der Waals surface area contributed by atoms with Crippen LogP contribution in [0.25, 0.3) is 16.8 Å². The molecule has 0 aliphatic carbocycles. The highest BCUT2D eigenvalue weighted by Crippen LogP contribution is 2.32. The highest BCUT2D eigenvalue weighted by atomic mass is 19.4. The average Bonchev–Trinajstić information content (AvgIpc) is 2.58. The summed E-state index contributed by atoms with van der Waals surface area (Å²) in [7, 11) is 0. The molecule has 0 saturated heterocycles. The molecule has 0 heterocycles. The Morgan fingerprint density at radius 3 is 2.29 bits per heavy atom. The predicted molar refractivity (Wildman–Crippen MR) is 90.2 cm³/mol. The molecule has 1 unspecified atom stereocenters. The van der Waals surface area contributed by atoms with Crippen molar-refractivity contribution in [1.82, 2.24) is 5.32 Å². The number of aliphatic hydroxyl groups is 1. The Morgan fingerprint density at radius 1 is 1.12 bits per heavy atom. The van der Waals surface area contributed by atoms with E-state index in [-0.39, 0.29) is 12.6 Å². The van der Waals surface area contributed by atoms with Crippen LogP contribution in [0.1, 0.15) is 24.5 Å². The van der Waals surface area contributed by atoms with E-state index in [1.54, 1.807) is 0 Å². The Morgan fingerprint density at radius 2 is 1.75 bits per heavy atom. The summed E-state index contributed by atoms with van der Waals surface area (Å²) in [6, 6.07) is 12.3. The fraction of sp³-hybridized carbons (Fsp3) is 0.263. The van der Waals surface area contributed by atoms with E-state index in [1.807, 2.05) is 31.2 Å². The summed E-state index contributed by atoms with van der Waals surface area (Å²) >= 11 is 0. The first kappa shape index (κ1) is 18.1. The van der Waals surface area contributed by atoms with Gasteiger partial charge in [-0.15, -0.1) is 0 Å². The molecule has 128 valence electrons. The highest BCUT2D eigenvalue weighted by molar-refractivity contribution is 5.80. The van der Waals surface area contributed by atoms with Gasteiger partial charge in [-0.2, -0.15) is 13.2 Å². The number of aliphatic hydroxyl groups excluding tert-OH is 1. The van der Waals surface area contributed by atoms with Crippen molar-refractivity contribution in [2.24, 2.45) is 0 Å². The average molecular weight is 335 g/mol. The van der Waals surface area contributed by atoms with Crippen molar-refractivity contribution in [3.63, 3.8) is 0 Å². The zero-order chi connectivity index (χ0) is 17.7. The first-order chi connectivity index (χ1) is 11.4. The Bertz CT molecular complexity index is 689. The number of hydrogen-bond acceptors (Lipinski definition) is 2. The third-order valence-electron chi connectivity index (χ3n) is 3.87. The molecule has 0 radical (unpaired) electrons. The van der Waals surface area contributed by atoms with Gasteiger partial charge >= 0.3 is 6.18 Å². The predicted octanol–water partition coefficient (Wildman–Crippen LogP) is 4.70. The normalized spacial score (nSPS) is 12.7. The minimum Gasteiger partial charge on any atom is -0.394 e. The summed E-state index contributed by atoms with van der Waals surface area (Å²) in [5.41, 5.74) is 2.22. The first-order valence-corrected chi connectivity index (χ1v) is 7.70. The molecule has 2 nitrogen and oxygen atoms in total. The van der Waals surface area contributed by atoms with Crippen LogP contribution >= 0.6 is 0 Å². The maximum atomic E-state index is 12.7. The molecular weight excluding hydrogens is 315 g/mol. The number of benzene rings is 2. The van der Waals surface area contributed by atoms with Crippen LogP contribution in [0.4, 0.5) is 13.2 Å². The van der Waals surface area contributed by atoms with Crippen molar-refractivity contribution in [3.8, 4) is 11.1 Å². The molecule has 2 aromatic rings. The third-order valence-corrected chi connectivity index (χ3v) is 3.87. The van der Waals surface area contributed by atoms with Crippen LogP contribution in [0.15, 0.2) is 55.1 Å². The monoisotopic (exact) mass is 335 g/mol. The molecule has 0 aliphatic rings. The summed E-state index contributed by atoms with van der Waals surface area (Å²) in [6.45, 7) is 5.93. The Kier molecular flexibility index (Phi) is 5.67. The quantitative estimate of drug-likeness (QED) is 0.802. The summed E-state index contributed by atoms with van der Waals surface area (Å²) in [5.74, 6) is 0. The summed E-state index contributed by atoms with van der Waals surface area (Å²) in [5, 5.41) is 12.5. The molecule has 0 amide bonds. The molecule has 0 aromatic heterocycles. The smallest absolute Gasteiger partial charge is 0.394 e. The van der Waals surface area contributed by atoms with Crippen LogP contribution in [0, 0.1) is 0 Å². The van der Waals surface area contributed by atoms with Gasteiger partial charge in [-0.3, -0.25) is 0 Å². The molecule has 2 aromatic carbocycles. The van der Waals surface area contributed by atoms with E-state index in [0.29, 0.717) is 11.3 Å². The van der Waals surface area contributed by atoms with E-state index in [4.69, 9.17) is 0 Å². The fourth-order valence-electron chi connectivity index (χ4n) is 2.44. The fourth-order valence-corrected chi connectivity index (χ4v) is 2.44. The Hall–Kier alpha value is -2.27. The lowest BCUT2D eigenvalue weighted by Gasteiger charge is -2.20. The number of rotatable bonds is 6. The van der Waals surface area contributed by atoms with Gasteiger partial charge in [-0.25, -0.2) is 0 Å². The van der Waals surface area contributed by atoms with Gasteiger partial charge in [0.05, 0.1) is 12.2 Å². The molecular formula is C19H20F3NO. The van der Waals surface area contributed by atoms with Gasteiger partial charge in [0.15, 0.2) is 0 Å². The topological polar surface area (TPSA) is 32.3 Å². The van der Waals surface area contributed by atoms with Crippen LogP contribution < -0.4 is 5.32 Å². The largest absolute Gasteiger partial charge is 0.416 e. The van der Waals surface area contributed by atoms with Crippen LogP contribution in [0.3, 0.4) is 0 Å². The minimum atomic E-state index is -4.35. The molecule has 0 fully saturated rings. The molecule has 2 rings (SSSR count). The van der Waals surface area contributed by atoms with Crippen LogP contribution in [-0.2, 0) is 6.18 Å². The second-order valence-electron chi connectivity index (χ2n) is 5.53. The highest BCUT2D eigenvalue weighted by Gasteiger charge is 2.30. The molecule has 1 atom stereocenters. The summed E-state index contributed by atoms with van der Waals surface area (Å²) < 4.78 is 38.1. The molecule has 0 aliphatic heterocycles. The van der Waals surface area contributed by atoms with E-state index in [1.165, 1.54) is 12.1 Å². The maximum absolute atomic E-state index is 12.7. The van der Waals surface area contributed by atoms with E-state index >= 15 is 0 Å². The van der Waals surface area contributed by atoms with Gasteiger partial charge in [-0.1, -0.05) is 49.9 Å². The molecule has 0 spiro atoms. The van der Waals surface area contributed by atoms with Crippen LogP contribution in [-0.4, -0.2) is 17.8 Å². The van der Waals surface area contributed by atoms with Gasteiger partial charge in [0.2, 0.25) is 0 Å². The molecule has 24 heavy (non-hydrogen) atoms. The van der Waals surface area contributed by atoms with Crippen molar-refractivity contribution in [2.75, 3.05) is 6.61 Å². The lowest BCUT2D eigenvalue weighted by Crippen LogP contribution is -2.30. The molecule has 0 saturated carbocycles. The van der Waals surface area contributed by atoms with E-state index in [9.17, 15) is 18.3 Å².